The fraction of sp³-hybridized carbons (Fsp3) is 0.692. The lowest BCUT2D eigenvalue weighted by molar-refractivity contribution is 0.320. The van der Waals surface area contributed by atoms with Gasteiger partial charge in [0.15, 0.2) is 0 Å². The van der Waals surface area contributed by atoms with Crippen LogP contribution in [-0.2, 0) is 12.3 Å². The van der Waals surface area contributed by atoms with Gasteiger partial charge in [0.05, 0.1) is 12.3 Å². The van der Waals surface area contributed by atoms with Gasteiger partial charge in [0.2, 0.25) is 0 Å². The SMILES string of the molecule is CSCc1ccc(CNC(C)(C)C2CC2)o1. The molecule has 1 aromatic rings. The standard InChI is InChI=1S/C13H21NOS/c1-13(2,10-4-5-10)14-8-11-6-7-12(15-11)9-16-3/h6-7,10,14H,4-5,8-9H2,1-3H3. The maximum Gasteiger partial charge on any atom is 0.118 e. The van der Waals surface area contributed by atoms with Gasteiger partial charge in [-0.25, -0.2) is 0 Å². The molecule has 1 aromatic heterocycles. The first kappa shape index (κ1) is 12.1. The molecule has 16 heavy (non-hydrogen) atoms. The van der Waals surface area contributed by atoms with E-state index in [9.17, 15) is 0 Å². The molecule has 2 rings (SSSR count). The maximum atomic E-state index is 5.74. The average molecular weight is 239 g/mol. The van der Waals surface area contributed by atoms with E-state index in [0.29, 0.717) is 0 Å². The van der Waals surface area contributed by atoms with Crippen molar-refractivity contribution in [3.05, 3.63) is 23.7 Å². The van der Waals surface area contributed by atoms with Crippen LogP contribution in [0.2, 0.25) is 0 Å². The smallest absolute Gasteiger partial charge is 0.118 e. The molecular weight excluding hydrogens is 218 g/mol. The van der Waals surface area contributed by atoms with Crippen LogP contribution < -0.4 is 5.32 Å². The summed E-state index contributed by atoms with van der Waals surface area (Å²) in [5.41, 5.74) is 0.256. The molecule has 0 bridgehead atoms. The normalized spacial score (nSPS) is 16.7. The molecule has 0 atom stereocenters. The summed E-state index contributed by atoms with van der Waals surface area (Å²) in [6, 6.07) is 4.17. The second-order valence-electron chi connectivity index (χ2n) is 5.15. The molecule has 0 aromatic carbocycles. The Morgan fingerprint density at radius 1 is 1.38 bits per heavy atom. The van der Waals surface area contributed by atoms with Crippen LogP contribution in [0.1, 0.15) is 38.2 Å². The van der Waals surface area contributed by atoms with E-state index in [4.69, 9.17) is 4.42 Å². The van der Waals surface area contributed by atoms with Gasteiger partial charge in [0.25, 0.3) is 0 Å². The van der Waals surface area contributed by atoms with Crippen molar-refractivity contribution < 1.29 is 4.42 Å². The first-order chi connectivity index (χ1) is 7.62. The number of nitrogens with one attached hydrogen (secondary N) is 1. The van der Waals surface area contributed by atoms with Crippen LogP contribution in [0, 0.1) is 5.92 Å². The lowest BCUT2D eigenvalue weighted by atomic mass is 9.99. The van der Waals surface area contributed by atoms with Gasteiger partial charge in [-0.2, -0.15) is 11.8 Å². The van der Waals surface area contributed by atoms with Crippen LogP contribution in [0.15, 0.2) is 16.5 Å². The van der Waals surface area contributed by atoms with Gasteiger partial charge < -0.3 is 9.73 Å². The highest BCUT2D eigenvalue weighted by Crippen LogP contribution is 2.39. The molecule has 0 spiro atoms. The van der Waals surface area contributed by atoms with Gasteiger partial charge in [0, 0.05) is 5.54 Å². The predicted octanol–water partition coefficient (Wildman–Crippen LogP) is 3.42. The minimum Gasteiger partial charge on any atom is -0.464 e. The van der Waals surface area contributed by atoms with Crippen molar-refractivity contribution in [1.82, 2.24) is 5.32 Å². The van der Waals surface area contributed by atoms with Crippen LogP contribution >= 0.6 is 11.8 Å². The van der Waals surface area contributed by atoms with Crippen LogP contribution in [0.3, 0.4) is 0 Å². The highest BCUT2D eigenvalue weighted by Gasteiger charge is 2.37. The van der Waals surface area contributed by atoms with Crippen LogP contribution in [0.4, 0.5) is 0 Å². The Balaban J connectivity index is 1.84. The van der Waals surface area contributed by atoms with Crippen LogP contribution in [0.5, 0.6) is 0 Å². The minimum absolute atomic E-state index is 0.256. The monoisotopic (exact) mass is 239 g/mol. The lowest BCUT2D eigenvalue weighted by Gasteiger charge is -2.25. The molecule has 0 radical (unpaired) electrons. The molecule has 2 nitrogen and oxygen atoms in total. The summed E-state index contributed by atoms with van der Waals surface area (Å²) in [7, 11) is 0. The van der Waals surface area contributed by atoms with Crippen LogP contribution in [0.25, 0.3) is 0 Å². The summed E-state index contributed by atoms with van der Waals surface area (Å²) in [5.74, 6) is 3.95. The predicted molar refractivity (Wildman–Crippen MR) is 69.6 cm³/mol. The van der Waals surface area contributed by atoms with Gasteiger partial charge in [-0.3, -0.25) is 0 Å². The summed E-state index contributed by atoms with van der Waals surface area (Å²) in [6.45, 7) is 5.42. The van der Waals surface area contributed by atoms with E-state index in [1.165, 1.54) is 12.8 Å². The first-order valence-electron chi connectivity index (χ1n) is 5.93. The zero-order valence-electron chi connectivity index (χ0n) is 10.4. The quantitative estimate of drug-likeness (QED) is 0.823. The Labute approximate surface area is 102 Å². The third-order valence-electron chi connectivity index (χ3n) is 3.32. The molecule has 1 aliphatic rings. The fourth-order valence-electron chi connectivity index (χ4n) is 2.00. The van der Waals surface area contributed by atoms with E-state index >= 15 is 0 Å². The summed E-state index contributed by atoms with van der Waals surface area (Å²) in [6.07, 6.45) is 4.84. The number of furan rings is 1. The van der Waals surface area contributed by atoms with Crippen molar-refractivity contribution in [1.29, 1.82) is 0 Å². The van der Waals surface area contributed by atoms with E-state index in [-0.39, 0.29) is 5.54 Å². The Bertz CT molecular complexity index is 341. The topological polar surface area (TPSA) is 25.2 Å². The second-order valence-corrected chi connectivity index (χ2v) is 6.02. The first-order valence-corrected chi connectivity index (χ1v) is 7.33. The lowest BCUT2D eigenvalue weighted by Crippen LogP contribution is -2.40. The van der Waals surface area contributed by atoms with E-state index in [2.05, 4.69) is 37.6 Å². The molecule has 0 aliphatic heterocycles. The third kappa shape index (κ3) is 3.05. The van der Waals surface area contributed by atoms with Gasteiger partial charge in [0.1, 0.15) is 11.5 Å². The van der Waals surface area contributed by atoms with E-state index < -0.39 is 0 Å². The summed E-state index contributed by atoms with van der Waals surface area (Å²) >= 11 is 1.79. The van der Waals surface area contributed by atoms with Gasteiger partial charge in [-0.1, -0.05) is 0 Å². The van der Waals surface area contributed by atoms with Crippen LogP contribution in [-0.4, -0.2) is 11.8 Å². The second kappa shape index (κ2) is 4.84. The summed E-state index contributed by atoms with van der Waals surface area (Å²) in [4.78, 5) is 0. The number of hydrogen-bond acceptors (Lipinski definition) is 3. The van der Waals surface area contributed by atoms with Crippen molar-refractivity contribution in [3.8, 4) is 0 Å². The molecule has 0 amide bonds. The Hall–Kier alpha value is -0.410. The number of hydrogen-bond donors (Lipinski definition) is 1. The molecule has 1 heterocycles. The zero-order chi connectivity index (χ0) is 11.6. The molecule has 1 saturated carbocycles. The molecule has 0 unspecified atom stereocenters. The van der Waals surface area contributed by atoms with E-state index in [0.717, 1.165) is 29.7 Å². The van der Waals surface area contributed by atoms with Crippen molar-refractivity contribution in [2.75, 3.05) is 6.26 Å². The fourth-order valence-corrected chi connectivity index (χ4v) is 2.44. The summed E-state index contributed by atoms with van der Waals surface area (Å²) in [5, 5.41) is 3.59. The molecule has 90 valence electrons. The highest BCUT2D eigenvalue weighted by molar-refractivity contribution is 7.97. The Morgan fingerprint density at radius 3 is 2.69 bits per heavy atom. The Kier molecular flexibility index (Phi) is 3.65. The zero-order valence-corrected chi connectivity index (χ0v) is 11.2. The van der Waals surface area contributed by atoms with Gasteiger partial charge in [-0.05, 0) is 51.0 Å². The Morgan fingerprint density at radius 2 is 2.06 bits per heavy atom. The largest absolute Gasteiger partial charge is 0.464 e. The van der Waals surface area contributed by atoms with Crippen molar-refractivity contribution >= 4 is 11.8 Å². The average Bonchev–Trinajstić information content (AvgIpc) is 3.00. The molecule has 1 aliphatic carbocycles. The summed E-state index contributed by atoms with van der Waals surface area (Å²) < 4.78 is 5.74. The molecule has 0 saturated heterocycles. The van der Waals surface area contributed by atoms with Crippen molar-refractivity contribution in [2.45, 2.75) is 44.5 Å². The van der Waals surface area contributed by atoms with Crippen molar-refractivity contribution in [2.24, 2.45) is 5.92 Å². The molecule has 1 N–H and O–H groups in total. The highest BCUT2D eigenvalue weighted by atomic mass is 32.2. The molecular formula is C13H21NOS. The maximum absolute atomic E-state index is 5.74. The van der Waals surface area contributed by atoms with Crippen molar-refractivity contribution in [3.63, 3.8) is 0 Å². The molecule has 3 heteroatoms. The van der Waals surface area contributed by atoms with E-state index in [1.807, 2.05) is 0 Å². The number of rotatable bonds is 6. The molecule has 1 fully saturated rings. The van der Waals surface area contributed by atoms with E-state index in [1.54, 1.807) is 11.8 Å². The number of thioether (sulfide) groups is 1. The third-order valence-corrected chi connectivity index (χ3v) is 3.89. The minimum atomic E-state index is 0.256. The van der Waals surface area contributed by atoms with Gasteiger partial charge >= 0.3 is 0 Å². The van der Waals surface area contributed by atoms with Gasteiger partial charge in [-0.15, -0.1) is 0 Å².